The lowest BCUT2D eigenvalue weighted by Gasteiger charge is -2.27. The zero-order chi connectivity index (χ0) is 22.4. The smallest absolute Gasteiger partial charge is 0.254 e. The monoisotopic (exact) mass is 442 g/mol. The second-order valence-corrected chi connectivity index (χ2v) is 9.19. The SMILES string of the molecule is Cc1cccc(C(=O)N2CCCC2c2c(-c3ccccc3)c3cc(Cl)ccc3n2C)c1C. The van der Waals surface area contributed by atoms with E-state index in [1.807, 2.05) is 31.2 Å². The number of aryl methyl sites for hydroxylation is 2. The zero-order valence-corrected chi connectivity index (χ0v) is 19.5. The molecule has 5 rings (SSSR count). The maximum Gasteiger partial charge on any atom is 0.254 e. The van der Waals surface area contributed by atoms with Crippen molar-refractivity contribution >= 4 is 28.4 Å². The summed E-state index contributed by atoms with van der Waals surface area (Å²) >= 11 is 6.42. The predicted molar refractivity (Wildman–Crippen MR) is 132 cm³/mol. The highest BCUT2D eigenvalue weighted by Gasteiger charge is 2.35. The van der Waals surface area contributed by atoms with Gasteiger partial charge in [0, 0.05) is 46.3 Å². The zero-order valence-electron chi connectivity index (χ0n) is 18.7. The second kappa shape index (κ2) is 8.14. The molecular formula is C28H27ClN2O. The fraction of sp³-hybridized carbons (Fsp3) is 0.250. The lowest BCUT2D eigenvalue weighted by atomic mass is 9.97. The molecule has 4 heteroatoms. The molecule has 162 valence electrons. The van der Waals surface area contributed by atoms with Gasteiger partial charge in [-0.2, -0.15) is 0 Å². The first-order valence-electron chi connectivity index (χ1n) is 11.2. The van der Waals surface area contributed by atoms with Gasteiger partial charge in [0.05, 0.1) is 6.04 Å². The molecule has 3 aromatic carbocycles. The van der Waals surface area contributed by atoms with Crippen molar-refractivity contribution in [2.45, 2.75) is 32.7 Å². The van der Waals surface area contributed by atoms with Gasteiger partial charge < -0.3 is 9.47 Å². The third-order valence-corrected chi connectivity index (χ3v) is 7.17. The fourth-order valence-electron chi connectivity index (χ4n) is 5.17. The molecule has 32 heavy (non-hydrogen) atoms. The molecule has 1 unspecified atom stereocenters. The van der Waals surface area contributed by atoms with Crippen molar-refractivity contribution in [2.24, 2.45) is 7.05 Å². The van der Waals surface area contributed by atoms with E-state index in [1.54, 1.807) is 0 Å². The average molecular weight is 443 g/mol. The minimum atomic E-state index is 0.0220. The predicted octanol–water partition coefficient (Wildman–Crippen LogP) is 7.09. The van der Waals surface area contributed by atoms with Crippen LogP contribution in [0.3, 0.4) is 0 Å². The summed E-state index contributed by atoms with van der Waals surface area (Å²) < 4.78 is 2.26. The maximum absolute atomic E-state index is 13.7. The minimum Gasteiger partial charge on any atom is -0.345 e. The molecule has 0 aliphatic carbocycles. The van der Waals surface area contributed by atoms with Gasteiger partial charge >= 0.3 is 0 Å². The third kappa shape index (κ3) is 3.32. The first-order chi connectivity index (χ1) is 15.5. The molecule has 1 aliphatic heterocycles. The van der Waals surface area contributed by atoms with E-state index in [1.165, 1.54) is 11.3 Å². The van der Waals surface area contributed by atoms with Crippen LogP contribution in [0.2, 0.25) is 5.02 Å². The summed E-state index contributed by atoms with van der Waals surface area (Å²) in [7, 11) is 2.11. The van der Waals surface area contributed by atoms with E-state index in [-0.39, 0.29) is 11.9 Å². The second-order valence-electron chi connectivity index (χ2n) is 8.75. The summed E-state index contributed by atoms with van der Waals surface area (Å²) in [6.45, 7) is 4.88. The van der Waals surface area contributed by atoms with E-state index < -0.39 is 0 Å². The summed E-state index contributed by atoms with van der Waals surface area (Å²) in [5, 5.41) is 1.86. The van der Waals surface area contributed by atoms with Crippen LogP contribution in [0, 0.1) is 13.8 Å². The van der Waals surface area contributed by atoms with Crippen LogP contribution >= 0.6 is 11.6 Å². The number of halogens is 1. The molecule has 0 radical (unpaired) electrons. The van der Waals surface area contributed by atoms with E-state index in [0.717, 1.165) is 57.6 Å². The topological polar surface area (TPSA) is 25.2 Å². The number of hydrogen-bond acceptors (Lipinski definition) is 1. The van der Waals surface area contributed by atoms with E-state index >= 15 is 0 Å². The number of nitrogens with zero attached hydrogens (tertiary/aromatic N) is 2. The van der Waals surface area contributed by atoms with Gasteiger partial charge in [0.25, 0.3) is 5.91 Å². The van der Waals surface area contributed by atoms with Gasteiger partial charge in [-0.1, -0.05) is 54.1 Å². The number of carbonyl (C=O) groups excluding carboxylic acids is 1. The number of benzene rings is 3. The van der Waals surface area contributed by atoms with Crippen molar-refractivity contribution < 1.29 is 4.79 Å². The van der Waals surface area contributed by atoms with Crippen molar-refractivity contribution in [1.29, 1.82) is 0 Å². The van der Waals surface area contributed by atoms with E-state index in [9.17, 15) is 4.79 Å². The Bertz CT molecular complexity index is 1320. The Kier molecular flexibility index (Phi) is 5.30. The number of amides is 1. The maximum atomic E-state index is 13.7. The van der Waals surface area contributed by atoms with Crippen LogP contribution in [-0.4, -0.2) is 21.9 Å². The van der Waals surface area contributed by atoms with Crippen molar-refractivity contribution in [2.75, 3.05) is 6.54 Å². The van der Waals surface area contributed by atoms with Crippen LogP contribution < -0.4 is 0 Å². The number of fused-ring (bicyclic) bond motifs is 1. The standard InChI is InChI=1S/C28H27ClN2O/c1-18-9-7-12-22(19(18)2)28(32)31-16-8-13-25(31)27-26(20-10-5-4-6-11-20)23-17-21(29)14-15-24(23)30(27)3/h4-7,9-12,14-15,17,25H,8,13,16H2,1-3H3. The number of carbonyl (C=O) groups is 1. The van der Waals surface area contributed by atoms with Crippen molar-refractivity contribution in [1.82, 2.24) is 9.47 Å². The molecule has 1 amide bonds. The first-order valence-corrected chi connectivity index (χ1v) is 11.6. The van der Waals surface area contributed by atoms with E-state index in [4.69, 9.17) is 11.6 Å². The highest BCUT2D eigenvalue weighted by molar-refractivity contribution is 6.31. The molecule has 2 heterocycles. The molecule has 0 N–H and O–H groups in total. The van der Waals surface area contributed by atoms with Crippen LogP contribution in [0.5, 0.6) is 0 Å². The normalized spacial score (nSPS) is 16.1. The Balaban J connectivity index is 1.69. The van der Waals surface area contributed by atoms with Crippen LogP contribution in [0.4, 0.5) is 0 Å². The highest BCUT2D eigenvalue weighted by atomic mass is 35.5. The molecule has 0 spiro atoms. The molecule has 3 nitrogen and oxygen atoms in total. The lowest BCUT2D eigenvalue weighted by molar-refractivity contribution is 0.0731. The summed E-state index contributed by atoms with van der Waals surface area (Å²) in [6.07, 6.45) is 1.95. The van der Waals surface area contributed by atoms with Gasteiger partial charge in [0.2, 0.25) is 0 Å². The van der Waals surface area contributed by atoms with Crippen molar-refractivity contribution in [3.8, 4) is 11.1 Å². The number of aromatic nitrogens is 1. The van der Waals surface area contributed by atoms with Crippen molar-refractivity contribution in [3.63, 3.8) is 0 Å². The number of rotatable bonds is 3. The Morgan fingerprint density at radius 3 is 2.56 bits per heavy atom. The summed E-state index contributed by atoms with van der Waals surface area (Å²) in [6, 6.07) is 22.6. The molecule has 1 atom stereocenters. The average Bonchev–Trinajstić information content (AvgIpc) is 3.38. The van der Waals surface area contributed by atoms with Gasteiger partial charge in [-0.3, -0.25) is 4.79 Å². The Hall–Kier alpha value is -3.04. The molecule has 1 fully saturated rings. The highest BCUT2D eigenvalue weighted by Crippen LogP contribution is 2.44. The van der Waals surface area contributed by atoms with Gasteiger partial charge in [-0.25, -0.2) is 0 Å². The van der Waals surface area contributed by atoms with Gasteiger partial charge in [0.1, 0.15) is 0 Å². The Morgan fingerprint density at radius 1 is 1.00 bits per heavy atom. The Morgan fingerprint density at radius 2 is 1.78 bits per heavy atom. The number of likely N-dealkylation sites (tertiary alicyclic amines) is 1. The van der Waals surface area contributed by atoms with Gasteiger partial charge in [0.15, 0.2) is 0 Å². The van der Waals surface area contributed by atoms with Crippen LogP contribution in [0.1, 0.15) is 46.1 Å². The molecule has 1 saturated heterocycles. The Labute approximate surface area is 194 Å². The van der Waals surface area contributed by atoms with Crippen LogP contribution in [0.15, 0.2) is 66.7 Å². The number of hydrogen-bond donors (Lipinski definition) is 0. The van der Waals surface area contributed by atoms with Gasteiger partial charge in [-0.15, -0.1) is 0 Å². The molecule has 4 aromatic rings. The molecular weight excluding hydrogens is 416 g/mol. The lowest BCUT2D eigenvalue weighted by Crippen LogP contribution is -2.32. The largest absolute Gasteiger partial charge is 0.345 e. The van der Waals surface area contributed by atoms with E-state index in [0.29, 0.717) is 0 Å². The van der Waals surface area contributed by atoms with Gasteiger partial charge in [-0.05, 0) is 67.6 Å². The molecule has 1 aromatic heterocycles. The summed E-state index contributed by atoms with van der Waals surface area (Å²) in [4.78, 5) is 15.8. The van der Waals surface area contributed by atoms with Crippen LogP contribution in [-0.2, 0) is 7.05 Å². The first kappa shape index (κ1) is 20.8. The quantitative estimate of drug-likeness (QED) is 0.332. The molecule has 1 aliphatic rings. The fourth-order valence-corrected chi connectivity index (χ4v) is 5.34. The van der Waals surface area contributed by atoms with E-state index in [2.05, 4.69) is 65.9 Å². The van der Waals surface area contributed by atoms with Crippen LogP contribution in [0.25, 0.3) is 22.0 Å². The molecule has 0 bridgehead atoms. The molecule has 0 saturated carbocycles. The third-order valence-electron chi connectivity index (χ3n) is 6.93. The summed E-state index contributed by atoms with van der Waals surface area (Å²) in [5.74, 6) is 0.121. The minimum absolute atomic E-state index is 0.0220. The summed E-state index contributed by atoms with van der Waals surface area (Å²) in [5.41, 5.74) is 7.67. The van der Waals surface area contributed by atoms with Crippen molar-refractivity contribution in [3.05, 3.63) is 94.1 Å².